The van der Waals surface area contributed by atoms with Crippen molar-refractivity contribution in [2.24, 2.45) is 23.2 Å². The average Bonchev–Trinajstić information content (AvgIpc) is 4.02. The summed E-state index contributed by atoms with van der Waals surface area (Å²) in [6, 6.07) is 5.46. The first-order chi connectivity index (χ1) is 35.1. The number of benzene rings is 1. The molecule has 3 aromatic rings. The van der Waals surface area contributed by atoms with Crippen molar-refractivity contribution in [2.75, 3.05) is 41.0 Å². The van der Waals surface area contributed by atoms with E-state index in [0.717, 1.165) is 22.5 Å². The summed E-state index contributed by atoms with van der Waals surface area (Å²) in [5.41, 5.74) is -1.36. The maximum absolute atomic E-state index is 14.9. The van der Waals surface area contributed by atoms with Crippen molar-refractivity contribution < 1.29 is 68.2 Å². The standard InChI is InChI=1S/C54H87FN6O13S/c1-15-41-54(11,68)46(63)33(6)60(13)26-29(2)23-53(10,67)48(31(4)44(32(5)49(65)72-41)73-42-24-52(8,9)47(64)34(7)71-42)74-50-43(62)39(22-30(3)70-50)59(12)21-20-37-27-61(58-57-37)40(25-55)45(69-14)36-18-16-35(17-19-36)38-28-75-51(66)56-38/h16-19,27-34,39-48,50,62-64,67-68H,15,20-26H2,1-14H3,(H,56,66)/t29-,30-,31+,32-,33-,34+,39+,40-,41-,42+,43-,44+,45-,46-,47+,48-,50+,53-,54-/m1/s1. The second-order valence-corrected chi connectivity index (χ2v) is 23.9. The Morgan fingerprint density at radius 1 is 0.987 bits per heavy atom. The van der Waals surface area contributed by atoms with E-state index in [2.05, 4.69) is 15.3 Å². The molecule has 21 heteroatoms. The van der Waals surface area contributed by atoms with E-state index in [9.17, 15) is 39.8 Å². The molecule has 424 valence electrons. The van der Waals surface area contributed by atoms with Crippen LogP contribution in [0.4, 0.5) is 4.39 Å². The lowest BCUT2D eigenvalue weighted by Gasteiger charge is -2.49. The summed E-state index contributed by atoms with van der Waals surface area (Å²) >= 11 is 1.13. The van der Waals surface area contributed by atoms with Crippen molar-refractivity contribution in [3.8, 4) is 16.5 Å². The maximum Gasteiger partial charge on any atom is 0.311 e. The minimum atomic E-state index is -1.84. The van der Waals surface area contributed by atoms with Gasteiger partial charge in [-0.15, -0.1) is 5.10 Å². The maximum atomic E-state index is 14.9. The van der Waals surface area contributed by atoms with Crippen LogP contribution in [0.25, 0.3) is 11.3 Å². The fraction of sp³-hybridized carbons (Fsp3) is 0.778. The normalized spacial score (nSPS) is 37.6. The quantitative estimate of drug-likeness (QED) is 0.104. The molecule has 3 saturated heterocycles. The molecule has 0 aliphatic carbocycles. The smallest absolute Gasteiger partial charge is 0.311 e. The monoisotopic (exact) mass is 1080 g/mol. The lowest BCUT2D eigenvalue weighted by atomic mass is 9.77. The van der Waals surface area contributed by atoms with Crippen LogP contribution < -0.4 is 0 Å². The van der Waals surface area contributed by atoms with E-state index in [1.165, 1.54) is 18.7 Å². The number of aromatic hydroxyl groups is 1. The van der Waals surface area contributed by atoms with E-state index < -0.39 is 127 Å². The van der Waals surface area contributed by atoms with Gasteiger partial charge >= 0.3 is 5.97 Å². The largest absolute Gasteiger partial charge is 0.486 e. The first-order valence-electron chi connectivity index (χ1n) is 26.6. The van der Waals surface area contributed by atoms with Crippen LogP contribution in [0.15, 0.2) is 35.8 Å². The third-order valence-electron chi connectivity index (χ3n) is 16.3. The van der Waals surface area contributed by atoms with Gasteiger partial charge in [0.1, 0.15) is 42.7 Å². The molecule has 0 radical (unpaired) electrons. The zero-order valence-electron chi connectivity index (χ0n) is 46.4. The molecule has 0 unspecified atom stereocenters. The first-order valence-corrected chi connectivity index (χ1v) is 27.5. The summed E-state index contributed by atoms with van der Waals surface area (Å²) in [5, 5.41) is 79.9. The molecule has 0 saturated carbocycles. The van der Waals surface area contributed by atoms with Gasteiger partial charge in [0.15, 0.2) is 12.6 Å². The number of methoxy groups -OCH3 is 1. The van der Waals surface area contributed by atoms with Gasteiger partial charge < -0.3 is 68.9 Å². The molecule has 3 aliphatic rings. The highest BCUT2D eigenvalue weighted by molar-refractivity contribution is 7.11. The zero-order valence-corrected chi connectivity index (χ0v) is 47.3. The second kappa shape index (κ2) is 25.2. The van der Waals surface area contributed by atoms with E-state index in [4.69, 9.17) is 28.4 Å². The van der Waals surface area contributed by atoms with Crippen molar-refractivity contribution in [3.05, 3.63) is 47.1 Å². The Morgan fingerprint density at radius 3 is 2.27 bits per heavy atom. The number of aliphatic hydroxyl groups is 5. The molecule has 3 fully saturated rings. The minimum Gasteiger partial charge on any atom is -0.486 e. The number of aromatic nitrogens is 4. The number of cyclic esters (lactones) is 1. The summed E-state index contributed by atoms with van der Waals surface area (Å²) in [7, 11) is 5.23. The highest BCUT2D eigenvalue weighted by atomic mass is 32.1. The molecule has 19 atom stereocenters. The molecule has 5 heterocycles. The third kappa shape index (κ3) is 14.1. The lowest BCUT2D eigenvalue weighted by molar-refractivity contribution is -0.312. The molecule has 0 spiro atoms. The Bertz CT molecular complexity index is 2270. The van der Waals surface area contributed by atoms with E-state index in [-0.39, 0.29) is 30.4 Å². The Labute approximate surface area is 446 Å². The molecule has 0 bridgehead atoms. The second-order valence-electron chi connectivity index (χ2n) is 23.1. The van der Waals surface area contributed by atoms with Crippen LogP contribution in [0.3, 0.4) is 0 Å². The molecular formula is C54H87FN6O13S. The Kier molecular flexibility index (Phi) is 20.5. The Hall–Kier alpha value is -3.29. The molecule has 3 aliphatic heterocycles. The number of ether oxygens (including phenoxy) is 6. The van der Waals surface area contributed by atoms with Crippen LogP contribution >= 0.6 is 11.3 Å². The van der Waals surface area contributed by atoms with Crippen molar-refractivity contribution in [2.45, 2.75) is 205 Å². The van der Waals surface area contributed by atoms with Crippen LogP contribution in [0, 0.1) is 23.2 Å². The Balaban J connectivity index is 1.25. The Morgan fingerprint density at radius 2 is 1.67 bits per heavy atom. The van der Waals surface area contributed by atoms with Gasteiger partial charge in [-0.3, -0.25) is 4.79 Å². The van der Waals surface area contributed by atoms with Gasteiger partial charge in [-0.05, 0) is 91.8 Å². The van der Waals surface area contributed by atoms with E-state index in [0.29, 0.717) is 37.3 Å². The number of thiazole rings is 1. The zero-order chi connectivity index (χ0) is 55.5. The number of carbonyl (C=O) groups excluding carboxylic acids is 1. The summed E-state index contributed by atoms with van der Waals surface area (Å²) in [6.07, 6.45) is -7.29. The fourth-order valence-electron chi connectivity index (χ4n) is 11.8. The van der Waals surface area contributed by atoms with Gasteiger partial charge in [0.25, 0.3) is 5.19 Å². The van der Waals surface area contributed by atoms with Crippen LogP contribution in [-0.2, 0) is 39.6 Å². The number of aliphatic hydroxyl groups excluding tert-OH is 3. The van der Waals surface area contributed by atoms with E-state index >= 15 is 0 Å². The van der Waals surface area contributed by atoms with Crippen molar-refractivity contribution >= 4 is 17.3 Å². The van der Waals surface area contributed by atoms with Gasteiger partial charge in [-0.25, -0.2) is 14.1 Å². The summed E-state index contributed by atoms with van der Waals surface area (Å²) in [5.74, 6) is -2.78. The van der Waals surface area contributed by atoms with Gasteiger partial charge in [0, 0.05) is 68.2 Å². The molecule has 6 N–H and O–H groups in total. The van der Waals surface area contributed by atoms with Crippen LogP contribution in [-0.4, -0.2) is 192 Å². The highest BCUT2D eigenvalue weighted by Crippen LogP contribution is 2.42. The van der Waals surface area contributed by atoms with E-state index in [1.54, 1.807) is 46.2 Å². The molecule has 19 nitrogen and oxygen atoms in total. The highest BCUT2D eigenvalue weighted by Gasteiger charge is 2.52. The summed E-state index contributed by atoms with van der Waals surface area (Å²) < 4.78 is 54.7. The topological polar surface area (TPSA) is 244 Å². The lowest BCUT2D eigenvalue weighted by Crippen LogP contribution is -2.60. The number of nitrogens with zero attached hydrogens (tertiary/aromatic N) is 6. The number of rotatable bonds is 15. The molecule has 0 amide bonds. The summed E-state index contributed by atoms with van der Waals surface area (Å²) in [4.78, 5) is 22.5. The number of hydrogen-bond acceptors (Lipinski definition) is 19. The number of carbonyl (C=O) groups is 1. The van der Waals surface area contributed by atoms with E-state index in [1.807, 2.05) is 82.8 Å². The molecule has 1 aromatic carbocycles. The average molecular weight is 1080 g/mol. The molecule has 6 rings (SSSR count). The number of likely N-dealkylation sites (N-methyl/N-ethyl adjacent to an activating group) is 2. The predicted molar refractivity (Wildman–Crippen MR) is 279 cm³/mol. The fourth-order valence-corrected chi connectivity index (χ4v) is 12.3. The number of halogens is 1. The van der Waals surface area contributed by atoms with Crippen molar-refractivity contribution in [1.82, 2.24) is 29.8 Å². The van der Waals surface area contributed by atoms with Gasteiger partial charge in [-0.1, -0.05) is 75.4 Å². The van der Waals surface area contributed by atoms with Crippen molar-refractivity contribution in [1.29, 1.82) is 0 Å². The van der Waals surface area contributed by atoms with Gasteiger partial charge in [-0.2, -0.15) is 0 Å². The SMILES string of the molecule is CC[C@H]1OC(=O)[C@H](C)[C@@H](O[C@H]2CC(C)(C)[C@@H](O)[C@H](C)O2)[C@H](C)[C@@H](O[C@@H]2O[C@H](C)C[C@H](N(C)CCc3cn([C@H](CF)[C@H](OC)c4ccc(-c5csc(O)n5)cc4)nn3)[C@H]2O)[C@](C)(O)C[C@@H](C)CN(C)[C@H](C)[C@@H](O)[C@]1(C)O. The number of alkyl halides is 1. The molecule has 2 aromatic heterocycles. The first kappa shape index (κ1) is 60.9. The molecular weight excluding hydrogens is 992 g/mol. The van der Waals surface area contributed by atoms with Gasteiger partial charge in [0.05, 0.1) is 53.4 Å². The van der Waals surface area contributed by atoms with Crippen LogP contribution in [0.5, 0.6) is 5.19 Å². The third-order valence-corrected chi connectivity index (χ3v) is 17.0. The molecule has 75 heavy (non-hydrogen) atoms. The minimum absolute atomic E-state index is 0.0278. The number of hydrogen-bond donors (Lipinski definition) is 6. The van der Waals surface area contributed by atoms with Crippen LogP contribution in [0.1, 0.15) is 125 Å². The predicted octanol–water partition coefficient (Wildman–Crippen LogP) is 5.45. The number of esters is 1. The van der Waals surface area contributed by atoms with Crippen molar-refractivity contribution in [3.63, 3.8) is 0 Å². The summed E-state index contributed by atoms with van der Waals surface area (Å²) in [6.45, 7) is 19.7. The van der Waals surface area contributed by atoms with Crippen LogP contribution in [0.2, 0.25) is 0 Å². The van der Waals surface area contributed by atoms with Gasteiger partial charge in [0.2, 0.25) is 0 Å².